The number of carbonyl (C=O) groups is 4. The predicted molar refractivity (Wildman–Crippen MR) is 216 cm³/mol. The lowest BCUT2D eigenvalue weighted by Gasteiger charge is -2.35. The Hall–Kier alpha value is -5.02. The van der Waals surface area contributed by atoms with Crippen molar-refractivity contribution in [1.82, 2.24) is 20.1 Å². The molecular formula is C43H56N4O10S. The number of benzene rings is 2. The lowest BCUT2D eigenvalue weighted by Crippen LogP contribution is -2.46. The van der Waals surface area contributed by atoms with Crippen molar-refractivity contribution in [3.8, 4) is 16.9 Å². The number of esters is 1. The van der Waals surface area contributed by atoms with E-state index < -0.39 is 33.6 Å². The first-order valence-electron chi connectivity index (χ1n) is 19.9. The van der Waals surface area contributed by atoms with Crippen LogP contribution in [0.15, 0.2) is 71.9 Å². The molecule has 3 unspecified atom stereocenters. The predicted octanol–water partition coefficient (Wildman–Crippen LogP) is 6.23. The zero-order chi connectivity index (χ0) is 41.9. The first-order valence-corrected chi connectivity index (χ1v) is 21.3. The first kappa shape index (κ1) is 44.1. The van der Waals surface area contributed by atoms with Crippen LogP contribution in [0.25, 0.3) is 11.1 Å². The van der Waals surface area contributed by atoms with E-state index in [0.29, 0.717) is 62.2 Å². The van der Waals surface area contributed by atoms with Crippen LogP contribution in [0.3, 0.4) is 0 Å². The number of likely N-dealkylation sites (tertiary alicyclic amines) is 2. The number of nitrogens with one attached hydrogen (secondary N) is 1. The van der Waals surface area contributed by atoms with Gasteiger partial charge in [0.1, 0.15) is 24.6 Å². The van der Waals surface area contributed by atoms with Crippen LogP contribution in [0.4, 0.5) is 4.79 Å². The number of piperidine rings is 2. The number of carbonyl (C=O) groups excluding carboxylic acids is 4. The Morgan fingerprint density at radius 2 is 1.66 bits per heavy atom. The molecule has 0 radical (unpaired) electrons. The van der Waals surface area contributed by atoms with E-state index in [9.17, 15) is 27.6 Å². The number of aromatic nitrogens is 1. The maximum absolute atomic E-state index is 13.8. The summed E-state index contributed by atoms with van der Waals surface area (Å²) in [6.45, 7) is 9.25. The third kappa shape index (κ3) is 13.0. The van der Waals surface area contributed by atoms with Gasteiger partial charge in [0.25, 0.3) is 10.1 Å². The normalized spacial score (nSPS) is 17.9. The van der Waals surface area contributed by atoms with E-state index in [1.54, 1.807) is 52.5 Å². The average molecular weight is 821 g/mol. The first-order chi connectivity index (χ1) is 27.6. The molecule has 2 saturated heterocycles. The molecule has 2 aliphatic heterocycles. The summed E-state index contributed by atoms with van der Waals surface area (Å²) in [5, 5.41) is 3.04. The highest BCUT2D eigenvalue weighted by Gasteiger charge is 2.32. The Morgan fingerprint density at radius 1 is 0.914 bits per heavy atom. The van der Waals surface area contributed by atoms with Crippen molar-refractivity contribution in [3.63, 3.8) is 0 Å². The summed E-state index contributed by atoms with van der Waals surface area (Å²) < 4.78 is 46.5. The standard InChI is InChI=1S/C43H56N4O10S/c1-30-13-16-37(17-14-30)58(52,53)56-22-21-55-36-12-6-10-32(24-36)34-23-35(27-44-26-34)38(25-40(49)54-5)45-41(50)33-11-8-19-46(29-33)39(48)18-15-31-9-7-20-47(28-31)42(51)57-43(2,3)4/h6,10,12-14,16-17,23-24,26-27,31,33,38H,7-9,11,15,18-22,25,28-29H2,1-5H3,(H,45,50). The second-order valence-corrected chi connectivity index (χ2v) is 17.6. The number of rotatable bonds is 15. The average Bonchev–Trinajstić information content (AvgIpc) is 3.21. The molecule has 58 heavy (non-hydrogen) atoms. The summed E-state index contributed by atoms with van der Waals surface area (Å²) in [6.07, 6.45) is 6.85. The SMILES string of the molecule is COC(=O)CC(NC(=O)C1CCCN(C(=O)CCC2CCCN(C(=O)OC(C)(C)C)C2)C1)c1cncc(-c2cccc(OCCOS(=O)(=O)c3ccc(C)cc3)c2)c1. The lowest BCUT2D eigenvalue weighted by atomic mass is 9.92. The van der Waals surface area contributed by atoms with Gasteiger partial charge in [0.15, 0.2) is 0 Å². The maximum Gasteiger partial charge on any atom is 0.410 e. The molecule has 2 aliphatic rings. The zero-order valence-corrected chi connectivity index (χ0v) is 34.9. The van der Waals surface area contributed by atoms with Gasteiger partial charge in [-0.25, -0.2) is 4.79 Å². The largest absolute Gasteiger partial charge is 0.491 e. The van der Waals surface area contributed by atoms with Gasteiger partial charge in [-0.1, -0.05) is 29.8 Å². The molecule has 0 saturated carbocycles. The lowest BCUT2D eigenvalue weighted by molar-refractivity contribution is -0.141. The Balaban J connectivity index is 1.17. The topological polar surface area (TPSA) is 171 Å². The fraction of sp³-hybridized carbons (Fsp3) is 0.512. The van der Waals surface area contributed by atoms with Crippen LogP contribution >= 0.6 is 0 Å². The van der Waals surface area contributed by atoms with E-state index in [2.05, 4.69) is 10.3 Å². The molecule has 2 fully saturated rings. The van der Waals surface area contributed by atoms with Crippen molar-refractivity contribution in [3.05, 3.63) is 78.1 Å². The van der Waals surface area contributed by atoms with Crippen LogP contribution in [0, 0.1) is 18.8 Å². The molecule has 3 atom stereocenters. The number of ether oxygens (including phenoxy) is 3. The zero-order valence-electron chi connectivity index (χ0n) is 34.1. The van der Waals surface area contributed by atoms with Crippen LogP contribution in [-0.2, 0) is 38.2 Å². The van der Waals surface area contributed by atoms with E-state index >= 15 is 0 Å². The van der Waals surface area contributed by atoms with Crippen LogP contribution in [-0.4, -0.2) is 99.2 Å². The molecule has 3 heterocycles. The quantitative estimate of drug-likeness (QED) is 0.105. The van der Waals surface area contributed by atoms with Crippen molar-refractivity contribution < 1.29 is 46.0 Å². The van der Waals surface area contributed by atoms with Crippen LogP contribution in [0.2, 0.25) is 0 Å². The van der Waals surface area contributed by atoms with Crippen molar-refractivity contribution >= 4 is 34.0 Å². The minimum Gasteiger partial charge on any atom is -0.491 e. The van der Waals surface area contributed by atoms with Crippen LogP contribution in [0.1, 0.15) is 82.9 Å². The summed E-state index contributed by atoms with van der Waals surface area (Å²) in [5.74, 6) is -0.568. The third-order valence-corrected chi connectivity index (χ3v) is 11.6. The highest BCUT2D eigenvalue weighted by atomic mass is 32.2. The summed E-state index contributed by atoms with van der Waals surface area (Å²) in [7, 11) is -2.64. The van der Waals surface area contributed by atoms with Gasteiger partial charge in [-0.3, -0.25) is 23.6 Å². The molecule has 2 aromatic carbocycles. The Bertz CT molecular complexity index is 2000. The second kappa shape index (κ2) is 20.1. The highest BCUT2D eigenvalue weighted by molar-refractivity contribution is 7.86. The van der Waals surface area contributed by atoms with Crippen LogP contribution < -0.4 is 10.1 Å². The van der Waals surface area contributed by atoms with Gasteiger partial charge in [0.2, 0.25) is 11.8 Å². The second-order valence-electron chi connectivity index (χ2n) is 16.0. The van der Waals surface area contributed by atoms with Crippen molar-refractivity contribution in [1.29, 1.82) is 0 Å². The Labute approximate surface area is 341 Å². The molecule has 15 heteroatoms. The van der Waals surface area contributed by atoms with E-state index in [-0.39, 0.29) is 54.9 Å². The minimum atomic E-state index is -3.93. The molecule has 1 aromatic heterocycles. The summed E-state index contributed by atoms with van der Waals surface area (Å²) >= 11 is 0. The molecule has 5 rings (SSSR count). The van der Waals surface area contributed by atoms with Gasteiger partial charge in [0.05, 0.1) is 30.4 Å². The number of aryl methyl sites for hydroxylation is 1. The third-order valence-electron chi connectivity index (χ3n) is 10.2. The van der Waals surface area contributed by atoms with Gasteiger partial charge in [-0.2, -0.15) is 8.42 Å². The number of nitrogens with zero attached hydrogens (tertiary/aromatic N) is 3. The Morgan fingerprint density at radius 3 is 2.40 bits per heavy atom. The molecule has 0 spiro atoms. The fourth-order valence-corrected chi connectivity index (χ4v) is 8.03. The number of hydrogen-bond donors (Lipinski definition) is 1. The van der Waals surface area contributed by atoms with Crippen molar-refractivity contribution in [2.24, 2.45) is 11.8 Å². The van der Waals surface area contributed by atoms with Gasteiger partial charge in [-0.05, 0) is 107 Å². The van der Waals surface area contributed by atoms with E-state index in [1.807, 2.05) is 39.8 Å². The summed E-state index contributed by atoms with van der Waals surface area (Å²) in [4.78, 5) is 60.3. The monoisotopic (exact) mass is 820 g/mol. The molecule has 3 aromatic rings. The van der Waals surface area contributed by atoms with Gasteiger partial charge >= 0.3 is 12.1 Å². The van der Waals surface area contributed by atoms with E-state index in [4.69, 9.17) is 18.4 Å². The molecule has 0 aliphatic carbocycles. The number of amides is 3. The smallest absolute Gasteiger partial charge is 0.410 e. The molecule has 3 amide bonds. The van der Waals surface area contributed by atoms with E-state index in [0.717, 1.165) is 24.0 Å². The van der Waals surface area contributed by atoms with E-state index in [1.165, 1.54) is 19.2 Å². The number of methoxy groups -OCH3 is 1. The maximum atomic E-state index is 13.8. The molecule has 1 N–H and O–H groups in total. The number of pyridine rings is 1. The van der Waals surface area contributed by atoms with Gasteiger partial charge in [0, 0.05) is 50.6 Å². The molecule has 0 bridgehead atoms. The van der Waals surface area contributed by atoms with Gasteiger partial charge in [-0.15, -0.1) is 0 Å². The molecular weight excluding hydrogens is 765 g/mol. The fourth-order valence-electron chi connectivity index (χ4n) is 7.14. The van der Waals surface area contributed by atoms with Crippen molar-refractivity contribution in [2.45, 2.75) is 89.2 Å². The van der Waals surface area contributed by atoms with Crippen molar-refractivity contribution in [2.75, 3.05) is 46.5 Å². The summed E-state index contributed by atoms with van der Waals surface area (Å²) in [5.41, 5.74) is 2.40. The molecule has 14 nitrogen and oxygen atoms in total. The highest BCUT2D eigenvalue weighted by Crippen LogP contribution is 2.29. The minimum absolute atomic E-state index is 0.0130. The molecule has 314 valence electrons. The Kier molecular flexibility index (Phi) is 15.3. The summed E-state index contributed by atoms with van der Waals surface area (Å²) in [6, 6.07) is 14.7. The van der Waals surface area contributed by atoms with Gasteiger partial charge < -0.3 is 29.3 Å². The van der Waals surface area contributed by atoms with Crippen LogP contribution in [0.5, 0.6) is 5.75 Å². The number of hydrogen-bond acceptors (Lipinski definition) is 11.